The van der Waals surface area contributed by atoms with E-state index < -0.39 is 5.41 Å². The first-order valence-electron chi connectivity index (χ1n) is 11.5. The van der Waals surface area contributed by atoms with Crippen LogP contribution in [0.1, 0.15) is 63.5 Å². The molecule has 2 nitrogen and oxygen atoms in total. The first-order valence-corrected chi connectivity index (χ1v) is 11.5. The van der Waals surface area contributed by atoms with E-state index in [9.17, 15) is 9.65 Å². The van der Waals surface area contributed by atoms with Crippen LogP contribution >= 0.6 is 0 Å². The second-order valence-corrected chi connectivity index (χ2v) is 8.80. The predicted molar refractivity (Wildman–Crippen MR) is 122 cm³/mol. The number of halogens is 1. The lowest BCUT2D eigenvalue weighted by atomic mass is 9.67. The van der Waals surface area contributed by atoms with Crippen LogP contribution in [-0.2, 0) is 11.8 Å². The molecule has 3 rings (SSSR count). The molecule has 0 aromatic heterocycles. The zero-order valence-corrected chi connectivity index (χ0v) is 18.5. The molecule has 1 aliphatic rings. The van der Waals surface area contributed by atoms with Crippen molar-refractivity contribution in [1.29, 1.82) is 5.26 Å². The van der Waals surface area contributed by atoms with Gasteiger partial charge in [0.05, 0.1) is 11.5 Å². The molecule has 2 aromatic carbocycles. The normalized spacial score (nSPS) is 17.6. The molecule has 2 aromatic rings. The first kappa shape index (κ1) is 22.5. The Hall–Kier alpha value is -2.18. The van der Waals surface area contributed by atoms with Crippen LogP contribution in [0, 0.1) is 23.1 Å². The van der Waals surface area contributed by atoms with E-state index in [4.69, 9.17) is 0 Å². The Balaban J connectivity index is 1.72. The summed E-state index contributed by atoms with van der Waals surface area (Å²) in [6.07, 6.45) is 7.01. The van der Waals surface area contributed by atoms with E-state index in [1.54, 1.807) is 6.07 Å². The van der Waals surface area contributed by atoms with Crippen LogP contribution in [0.2, 0.25) is 0 Å². The molecule has 1 fully saturated rings. The van der Waals surface area contributed by atoms with Gasteiger partial charge in [-0.2, -0.15) is 5.26 Å². The van der Waals surface area contributed by atoms with Gasteiger partial charge in [-0.25, -0.2) is 4.39 Å². The third-order valence-electron chi connectivity index (χ3n) is 7.12. The van der Waals surface area contributed by atoms with Gasteiger partial charge in [-0.1, -0.05) is 68.3 Å². The quantitative estimate of drug-likeness (QED) is 0.450. The first-order chi connectivity index (χ1) is 14.6. The highest BCUT2D eigenvalue weighted by Crippen LogP contribution is 2.46. The molecular formula is C27H35FN2. The maximum atomic E-state index is 14.8. The smallest absolute Gasteiger partial charge is 0.128 e. The van der Waals surface area contributed by atoms with Gasteiger partial charge in [-0.05, 0) is 63.1 Å². The van der Waals surface area contributed by atoms with Crippen molar-refractivity contribution in [3.05, 3.63) is 71.5 Å². The van der Waals surface area contributed by atoms with Crippen LogP contribution < -0.4 is 0 Å². The van der Waals surface area contributed by atoms with Crippen molar-refractivity contribution in [3.8, 4) is 6.07 Å². The Labute approximate surface area is 181 Å². The van der Waals surface area contributed by atoms with Crippen molar-refractivity contribution < 1.29 is 4.39 Å². The Morgan fingerprint density at radius 1 is 1.10 bits per heavy atom. The molecule has 0 bridgehead atoms. The highest BCUT2D eigenvalue weighted by atomic mass is 19.1. The molecule has 1 aliphatic carbocycles. The standard InChI is InChI=1S/C27H35FN2/c1-3-30(20-18-23-11-5-4-6-12-23)22(2)17-19-27(21-29,24-13-7-8-14-24)25-15-9-10-16-26(25)28/h4-6,9-12,15-16,22,24H,3,7-8,13-14,17-20H2,1-2H3. The Kier molecular flexibility index (Phi) is 8.05. The summed E-state index contributed by atoms with van der Waals surface area (Å²) >= 11 is 0. The minimum absolute atomic E-state index is 0.227. The molecule has 1 saturated carbocycles. The summed E-state index contributed by atoms with van der Waals surface area (Å²) < 4.78 is 14.8. The summed E-state index contributed by atoms with van der Waals surface area (Å²) in [6.45, 7) is 6.44. The minimum atomic E-state index is -0.713. The van der Waals surface area contributed by atoms with Gasteiger partial charge in [0.2, 0.25) is 0 Å². The lowest BCUT2D eigenvalue weighted by Gasteiger charge is -2.36. The number of likely N-dealkylation sites (N-methyl/N-ethyl adjacent to an activating group) is 1. The van der Waals surface area contributed by atoms with Gasteiger partial charge >= 0.3 is 0 Å². The number of hydrogen-bond acceptors (Lipinski definition) is 2. The van der Waals surface area contributed by atoms with Gasteiger partial charge in [-0.15, -0.1) is 0 Å². The molecule has 30 heavy (non-hydrogen) atoms. The minimum Gasteiger partial charge on any atom is -0.301 e. The van der Waals surface area contributed by atoms with Crippen LogP contribution in [-0.4, -0.2) is 24.0 Å². The number of benzene rings is 2. The summed E-state index contributed by atoms with van der Waals surface area (Å²) in [6, 6.07) is 20.5. The number of nitrogens with zero attached hydrogens (tertiary/aromatic N) is 2. The lowest BCUT2D eigenvalue weighted by molar-refractivity contribution is 0.191. The Morgan fingerprint density at radius 2 is 1.77 bits per heavy atom. The lowest BCUT2D eigenvalue weighted by Crippen LogP contribution is -2.39. The van der Waals surface area contributed by atoms with Crippen molar-refractivity contribution in [1.82, 2.24) is 4.90 Å². The van der Waals surface area contributed by atoms with Crippen molar-refractivity contribution in [3.63, 3.8) is 0 Å². The maximum absolute atomic E-state index is 14.8. The molecule has 160 valence electrons. The van der Waals surface area contributed by atoms with E-state index in [0.29, 0.717) is 11.6 Å². The number of rotatable bonds is 10. The average Bonchev–Trinajstić information content (AvgIpc) is 3.32. The molecule has 3 heteroatoms. The van der Waals surface area contributed by atoms with Crippen molar-refractivity contribution in [2.75, 3.05) is 13.1 Å². The van der Waals surface area contributed by atoms with Crippen LogP contribution in [0.4, 0.5) is 4.39 Å². The zero-order chi connectivity index (χ0) is 21.4. The fourth-order valence-electron chi connectivity index (χ4n) is 5.23. The molecule has 0 N–H and O–H groups in total. The molecule has 0 aliphatic heterocycles. The maximum Gasteiger partial charge on any atom is 0.128 e. The number of hydrogen-bond donors (Lipinski definition) is 0. The van der Waals surface area contributed by atoms with E-state index >= 15 is 0 Å². The van der Waals surface area contributed by atoms with Crippen molar-refractivity contribution in [2.45, 2.75) is 70.3 Å². The third kappa shape index (κ3) is 5.10. The van der Waals surface area contributed by atoms with Gasteiger partial charge in [0.15, 0.2) is 0 Å². The predicted octanol–water partition coefficient (Wildman–Crippen LogP) is 6.51. The third-order valence-corrected chi connectivity index (χ3v) is 7.12. The molecular weight excluding hydrogens is 371 g/mol. The van der Waals surface area contributed by atoms with Gasteiger partial charge in [0.25, 0.3) is 0 Å². The van der Waals surface area contributed by atoms with Gasteiger partial charge in [0, 0.05) is 18.2 Å². The molecule has 0 heterocycles. The molecule has 2 atom stereocenters. The van der Waals surface area contributed by atoms with Crippen LogP contribution in [0.3, 0.4) is 0 Å². The van der Waals surface area contributed by atoms with Gasteiger partial charge in [-0.3, -0.25) is 0 Å². The zero-order valence-electron chi connectivity index (χ0n) is 18.5. The van der Waals surface area contributed by atoms with Crippen LogP contribution in [0.5, 0.6) is 0 Å². The van der Waals surface area contributed by atoms with E-state index in [2.05, 4.69) is 55.1 Å². The Bertz CT molecular complexity index is 822. The highest BCUT2D eigenvalue weighted by Gasteiger charge is 2.43. The summed E-state index contributed by atoms with van der Waals surface area (Å²) in [5.74, 6) is 0.0287. The molecule has 2 unspecified atom stereocenters. The number of nitriles is 1. The molecule has 0 saturated heterocycles. The summed E-state index contributed by atoms with van der Waals surface area (Å²) in [5, 5.41) is 10.3. The molecule has 0 radical (unpaired) electrons. The molecule has 0 spiro atoms. The average molecular weight is 407 g/mol. The molecule has 0 amide bonds. The van der Waals surface area contributed by atoms with E-state index in [1.165, 1.54) is 11.6 Å². The summed E-state index contributed by atoms with van der Waals surface area (Å²) in [7, 11) is 0. The van der Waals surface area contributed by atoms with Crippen LogP contribution in [0.15, 0.2) is 54.6 Å². The Morgan fingerprint density at radius 3 is 2.40 bits per heavy atom. The van der Waals surface area contributed by atoms with Gasteiger partial charge in [0.1, 0.15) is 5.82 Å². The van der Waals surface area contributed by atoms with E-state index in [0.717, 1.165) is 58.0 Å². The topological polar surface area (TPSA) is 27.0 Å². The van der Waals surface area contributed by atoms with Crippen LogP contribution in [0.25, 0.3) is 0 Å². The summed E-state index contributed by atoms with van der Waals surface area (Å²) in [4.78, 5) is 2.49. The van der Waals surface area contributed by atoms with Crippen molar-refractivity contribution in [2.24, 2.45) is 5.92 Å². The fourth-order valence-corrected chi connectivity index (χ4v) is 5.23. The second kappa shape index (κ2) is 10.7. The SMILES string of the molecule is CCN(CCc1ccccc1)C(C)CCC(C#N)(c1ccccc1F)C1CCCC1. The van der Waals surface area contributed by atoms with Gasteiger partial charge < -0.3 is 4.90 Å². The van der Waals surface area contributed by atoms with E-state index in [1.807, 2.05) is 12.1 Å². The monoisotopic (exact) mass is 406 g/mol. The highest BCUT2D eigenvalue weighted by molar-refractivity contribution is 5.35. The largest absolute Gasteiger partial charge is 0.301 e. The second-order valence-electron chi connectivity index (χ2n) is 8.80. The fraction of sp³-hybridized carbons (Fsp3) is 0.519. The van der Waals surface area contributed by atoms with Crippen molar-refractivity contribution >= 4 is 0 Å². The van der Waals surface area contributed by atoms with E-state index in [-0.39, 0.29) is 11.7 Å². The summed E-state index contributed by atoms with van der Waals surface area (Å²) in [5.41, 5.74) is 1.25.